The van der Waals surface area contributed by atoms with Gasteiger partial charge < -0.3 is 15.5 Å². The molecule has 1 unspecified atom stereocenters. The van der Waals surface area contributed by atoms with Gasteiger partial charge in [-0.2, -0.15) is 0 Å². The molecule has 1 saturated heterocycles. The smallest absolute Gasteiger partial charge is 0.222 e. The molecule has 1 aliphatic heterocycles. The van der Waals surface area contributed by atoms with Crippen LogP contribution in [0.1, 0.15) is 42.3 Å². The van der Waals surface area contributed by atoms with Gasteiger partial charge >= 0.3 is 0 Å². The first kappa shape index (κ1) is 18.7. The highest BCUT2D eigenvalue weighted by molar-refractivity contribution is 7.11. The second-order valence-electron chi connectivity index (χ2n) is 6.08. The van der Waals surface area contributed by atoms with Crippen LogP contribution in [0.5, 0.6) is 0 Å². The number of guanidine groups is 1. The van der Waals surface area contributed by atoms with Crippen molar-refractivity contribution in [2.75, 3.05) is 26.2 Å². The maximum atomic E-state index is 11.8. The van der Waals surface area contributed by atoms with Crippen LogP contribution >= 0.6 is 11.3 Å². The molecular weight excluding hydrogens is 322 g/mol. The molecule has 134 valence electrons. The van der Waals surface area contributed by atoms with E-state index in [0.29, 0.717) is 6.42 Å². The van der Waals surface area contributed by atoms with Gasteiger partial charge in [-0.15, -0.1) is 11.3 Å². The summed E-state index contributed by atoms with van der Waals surface area (Å²) in [5.74, 6) is 1.07. The molecule has 2 N–H and O–H groups in total. The number of likely N-dealkylation sites (tertiary alicyclic amines) is 1. The third-order valence-corrected chi connectivity index (χ3v) is 5.27. The highest BCUT2D eigenvalue weighted by Gasteiger charge is 2.25. The number of carbonyl (C=O) groups is 1. The Morgan fingerprint density at radius 2 is 2.21 bits per heavy atom. The maximum Gasteiger partial charge on any atom is 0.222 e. The fourth-order valence-electron chi connectivity index (χ4n) is 2.92. The van der Waals surface area contributed by atoms with E-state index in [1.54, 1.807) is 11.3 Å². The first-order chi connectivity index (χ1) is 11.5. The molecule has 24 heavy (non-hydrogen) atoms. The lowest BCUT2D eigenvalue weighted by atomic mass is 10.3. The largest absolute Gasteiger partial charge is 0.357 e. The van der Waals surface area contributed by atoms with Crippen molar-refractivity contribution in [2.45, 2.75) is 53.0 Å². The van der Waals surface area contributed by atoms with Crippen LogP contribution in [0.4, 0.5) is 0 Å². The fourth-order valence-corrected chi connectivity index (χ4v) is 3.84. The van der Waals surface area contributed by atoms with Crippen molar-refractivity contribution in [3.8, 4) is 0 Å². The van der Waals surface area contributed by atoms with E-state index in [2.05, 4.69) is 34.5 Å². The van der Waals surface area contributed by atoms with Gasteiger partial charge in [-0.1, -0.05) is 6.92 Å². The zero-order valence-electron chi connectivity index (χ0n) is 15.2. The first-order valence-corrected chi connectivity index (χ1v) is 9.60. The monoisotopic (exact) mass is 351 g/mol. The number of nitrogens with one attached hydrogen (secondary N) is 2. The number of nitrogens with zero attached hydrogens (tertiary/aromatic N) is 3. The Morgan fingerprint density at radius 3 is 2.83 bits per heavy atom. The van der Waals surface area contributed by atoms with Crippen molar-refractivity contribution in [1.82, 2.24) is 20.5 Å². The minimum absolute atomic E-state index is 0.234. The van der Waals surface area contributed by atoms with Crippen molar-refractivity contribution in [3.63, 3.8) is 0 Å². The highest BCUT2D eigenvalue weighted by Crippen LogP contribution is 2.17. The van der Waals surface area contributed by atoms with E-state index in [-0.39, 0.29) is 11.9 Å². The van der Waals surface area contributed by atoms with E-state index in [1.807, 2.05) is 18.7 Å². The van der Waals surface area contributed by atoms with Crippen molar-refractivity contribution in [3.05, 3.63) is 15.6 Å². The Bertz CT molecular complexity index is 584. The van der Waals surface area contributed by atoms with Gasteiger partial charge in [-0.25, -0.2) is 4.98 Å². The van der Waals surface area contributed by atoms with Gasteiger partial charge in [0, 0.05) is 49.9 Å². The summed E-state index contributed by atoms with van der Waals surface area (Å²) in [7, 11) is 0. The van der Waals surface area contributed by atoms with Crippen LogP contribution in [0.25, 0.3) is 0 Å². The summed E-state index contributed by atoms with van der Waals surface area (Å²) in [6.45, 7) is 11.3. The molecule has 1 fully saturated rings. The van der Waals surface area contributed by atoms with Crippen molar-refractivity contribution >= 4 is 23.2 Å². The second kappa shape index (κ2) is 9.01. The standard InChI is InChI=1S/C17H29N5OS/c1-5-16(23)22-10-8-14(11-22)21-17(18-6-2)19-9-7-15-12(3)20-13(4)24-15/h14H,5-11H2,1-4H3,(H2,18,19,21). The van der Waals surface area contributed by atoms with Gasteiger partial charge in [-0.3, -0.25) is 9.79 Å². The third-order valence-electron chi connectivity index (χ3n) is 4.14. The summed E-state index contributed by atoms with van der Waals surface area (Å²) in [4.78, 5) is 24.2. The van der Waals surface area contributed by atoms with Crippen LogP contribution in [0, 0.1) is 13.8 Å². The lowest BCUT2D eigenvalue weighted by molar-refractivity contribution is -0.129. The SMILES string of the molecule is CCNC(=NCCc1sc(C)nc1C)NC1CCN(C(=O)CC)C1. The Morgan fingerprint density at radius 1 is 1.42 bits per heavy atom. The van der Waals surface area contributed by atoms with Crippen LogP contribution in [-0.4, -0.2) is 54.0 Å². The maximum absolute atomic E-state index is 11.8. The first-order valence-electron chi connectivity index (χ1n) is 8.79. The number of aryl methyl sites for hydroxylation is 2. The molecule has 0 saturated carbocycles. The summed E-state index contributed by atoms with van der Waals surface area (Å²) < 4.78 is 0. The number of hydrogen-bond donors (Lipinski definition) is 2. The van der Waals surface area contributed by atoms with Crippen LogP contribution < -0.4 is 10.6 Å². The fraction of sp³-hybridized carbons (Fsp3) is 0.706. The molecule has 2 heterocycles. The zero-order valence-corrected chi connectivity index (χ0v) is 16.0. The van der Waals surface area contributed by atoms with E-state index in [1.165, 1.54) is 4.88 Å². The predicted octanol–water partition coefficient (Wildman–Crippen LogP) is 1.87. The average molecular weight is 352 g/mol. The van der Waals surface area contributed by atoms with Crippen LogP contribution in [-0.2, 0) is 11.2 Å². The number of thiazole rings is 1. The van der Waals surface area contributed by atoms with E-state index in [4.69, 9.17) is 0 Å². The molecule has 1 aromatic heterocycles. The lowest BCUT2D eigenvalue weighted by Crippen LogP contribution is -2.45. The molecule has 0 bridgehead atoms. The van der Waals surface area contributed by atoms with E-state index < -0.39 is 0 Å². The molecule has 7 heteroatoms. The average Bonchev–Trinajstić information content (AvgIpc) is 3.13. The van der Waals surface area contributed by atoms with Gasteiger partial charge in [0.2, 0.25) is 5.91 Å². The Hall–Kier alpha value is -1.63. The molecule has 0 spiro atoms. The van der Waals surface area contributed by atoms with Gasteiger partial charge in [0.05, 0.1) is 10.7 Å². The normalized spacial score (nSPS) is 18.1. The number of hydrogen-bond acceptors (Lipinski definition) is 4. The molecule has 6 nitrogen and oxygen atoms in total. The summed E-state index contributed by atoms with van der Waals surface area (Å²) in [5, 5.41) is 7.88. The molecular formula is C17H29N5OS. The van der Waals surface area contributed by atoms with Crippen molar-refractivity contribution in [1.29, 1.82) is 0 Å². The zero-order chi connectivity index (χ0) is 17.5. The molecule has 0 aliphatic carbocycles. The molecule has 1 aliphatic rings. The minimum atomic E-state index is 0.234. The third kappa shape index (κ3) is 5.19. The Balaban J connectivity index is 1.87. The number of carbonyl (C=O) groups excluding carboxylic acids is 1. The Labute approximate surface area is 148 Å². The van der Waals surface area contributed by atoms with E-state index >= 15 is 0 Å². The van der Waals surface area contributed by atoms with Crippen LogP contribution in [0.3, 0.4) is 0 Å². The topological polar surface area (TPSA) is 69.6 Å². The Kier molecular flexibility index (Phi) is 7.02. The highest BCUT2D eigenvalue weighted by atomic mass is 32.1. The van der Waals surface area contributed by atoms with Crippen LogP contribution in [0.15, 0.2) is 4.99 Å². The van der Waals surface area contributed by atoms with Crippen LogP contribution in [0.2, 0.25) is 0 Å². The molecule has 0 aromatic carbocycles. The molecule has 1 amide bonds. The molecule has 1 aromatic rings. The van der Waals surface area contributed by atoms with Gasteiger partial charge in [-0.05, 0) is 27.2 Å². The lowest BCUT2D eigenvalue weighted by Gasteiger charge is -2.18. The minimum Gasteiger partial charge on any atom is -0.357 e. The summed E-state index contributed by atoms with van der Waals surface area (Å²) in [6.07, 6.45) is 2.47. The van der Waals surface area contributed by atoms with E-state index in [9.17, 15) is 4.79 Å². The molecule has 2 rings (SSSR count). The second-order valence-corrected chi connectivity index (χ2v) is 7.36. The van der Waals surface area contributed by atoms with Gasteiger partial charge in [0.15, 0.2) is 5.96 Å². The van der Waals surface area contributed by atoms with Gasteiger partial charge in [0.1, 0.15) is 0 Å². The number of rotatable bonds is 6. The number of amides is 1. The quantitative estimate of drug-likeness (QED) is 0.606. The summed E-state index contributed by atoms with van der Waals surface area (Å²) >= 11 is 1.75. The number of aliphatic imine (C=N–C) groups is 1. The number of aromatic nitrogens is 1. The predicted molar refractivity (Wildman–Crippen MR) is 99.7 cm³/mol. The molecule has 0 radical (unpaired) electrons. The van der Waals surface area contributed by atoms with Crippen molar-refractivity contribution in [2.24, 2.45) is 4.99 Å². The molecule has 1 atom stereocenters. The summed E-state index contributed by atoms with van der Waals surface area (Å²) in [5.41, 5.74) is 1.12. The van der Waals surface area contributed by atoms with E-state index in [0.717, 1.165) is 55.7 Å². The van der Waals surface area contributed by atoms with Gasteiger partial charge in [0.25, 0.3) is 0 Å². The van der Waals surface area contributed by atoms with Crippen molar-refractivity contribution < 1.29 is 4.79 Å². The summed E-state index contributed by atoms with van der Waals surface area (Å²) in [6, 6.07) is 0.283.